The molecule has 1 aromatic heterocycles. The fourth-order valence-electron chi connectivity index (χ4n) is 4.06. The van der Waals surface area contributed by atoms with Crippen LogP contribution in [0.5, 0.6) is 0 Å². The Bertz CT molecular complexity index is 1410. The first-order chi connectivity index (χ1) is 20.4. The van der Waals surface area contributed by atoms with Crippen molar-refractivity contribution in [2.75, 3.05) is 33.7 Å². The van der Waals surface area contributed by atoms with Gasteiger partial charge in [-0.1, -0.05) is 30.0 Å². The van der Waals surface area contributed by atoms with Crippen LogP contribution in [0.2, 0.25) is 0 Å². The molecule has 1 unspecified atom stereocenters. The molecule has 16 heteroatoms. The van der Waals surface area contributed by atoms with E-state index in [0.717, 1.165) is 11.8 Å². The number of nitrogens with zero attached hydrogens (tertiary/aromatic N) is 3. The van der Waals surface area contributed by atoms with Crippen LogP contribution in [-0.4, -0.2) is 76.7 Å². The predicted octanol–water partition coefficient (Wildman–Crippen LogP) is 5.38. The number of halogens is 6. The molecule has 0 radical (unpaired) electrons. The Kier molecular flexibility index (Phi) is 11.5. The van der Waals surface area contributed by atoms with Crippen LogP contribution in [0.25, 0.3) is 17.3 Å². The predicted molar refractivity (Wildman–Crippen MR) is 156 cm³/mol. The lowest BCUT2D eigenvalue weighted by Gasteiger charge is -2.17. The third-order valence-corrected chi connectivity index (χ3v) is 7.35. The van der Waals surface area contributed by atoms with E-state index >= 15 is 0 Å². The monoisotopic (exact) mass is 662 g/mol. The van der Waals surface area contributed by atoms with Crippen molar-refractivity contribution in [1.82, 2.24) is 20.1 Å². The Morgan fingerprint density at radius 2 is 1.73 bits per heavy atom. The van der Waals surface area contributed by atoms with Crippen molar-refractivity contribution < 1.29 is 45.5 Å². The van der Waals surface area contributed by atoms with E-state index in [0.29, 0.717) is 18.7 Å². The van der Waals surface area contributed by atoms with E-state index in [9.17, 15) is 40.7 Å². The van der Waals surface area contributed by atoms with Gasteiger partial charge >= 0.3 is 18.3 Å². The number of carbonyl (C=O) groups is 3. The van der Waals surface area contributed by atoms with Crippen molar-refractivity contribution in [1.29, 1.82) is 0 Å². The van der Waals surface area contributed by atoms with E-state index in [4.69, 9.17) is 17.0 Å². The quantitative estimate of drug-likeness (QED) is 0.149. The molecule has 1 saturated heterocycles. The zero-order chi connectivity index (χ0) is 32.8. The summed E-state index contributed by atoms with van der Waals surface area (Å²) in [5.74, 6) is -1.43. The van der Waals surface area contributed by atoms with E-state index in [1.165, 1.54) is 29.2 Å². The third-order valence-electron chi connectivity index (χ3n) is 5.98. The number of carbonyl (C=O) groups excluding carboxylic acids is 3. The maximum atomic E-state index is 13.3. The first-order valence-electron chi connectivity index (χ1n) is 13.1. The Labute approximate surface area is 258 Å². The van der Waals surface area contributed by atoms with Crippen LogP contribution in [-0.2, 0) is 31.5 Å². The normalized spacial score (nSPS) is 15.7. The molecule has 2 aromatic rings. The zero-order valence-corrected chi connectivity index (χ0v) is 25.3. The number of thiocarbonyl (C=S) groups is 1. The van der Waals surface area contributed by atoms with E-state index < -0.39 is 46.8 Å². The van der Waals surface area contributed by atoms with Crippen molar-refractivity contribution in [3.63, 3.8) is 0 Å². The maximum Gasteiger partial charge on any atom is 0.416 e. The SMILES string of the molecule is CC(CN(C)C)OC(=O)CCNC(=O)CCN1C(=O)C(=Cc2cccc(-c3cc(C(F)(F)F)cc(C(F)(F)F)c3)n2)SC1=S. The minimum absolute atomic E-state index is 0.0287. The molecular formula is C28H28F6N4O4S2. The molecule has 2 heterocycles. The molecule has 2 amide bonds. The van der Waals surface area contributed by atoms with Gasteiger partial charge in [0.05, 0.1) is 33.8 Å². The molecule has 1 atom stereocenters. The highest BCUT2D eigenvalue weighted by Gasteiger charge is 2.37. The summed E-state index contributed by atoms with van der Waals surface area (Å²) < 4.78 is 85.2. The van der Waals surface area contributed by atoms with Gasteiger partial charge in [-0.25, -0.2) is 4.98 Å². The van der Waals surface area contributed by atoms with Gasteiger partial charge in [-0.2, -0.15) is 26.3 Å². The summed E-state index contributed by atoms with van der Waals surface area (Å²) in [5.41, 5.74) is -3.43. The summed E-state index contributed by atoms with van der Waals surface area (Å²) in [7, 11) is 3.69. The van der Waals surface area contributed by atoms with Gasteiger partial charge in [0.15, 0.2) is 0 Å². The lowest BCUT2D eigenvalue weighted by Crippen LogP contribution is -2.34. The topological polar surface area (TPSA) is 91.8 Å². The summed E-state index contributed by atoms with van der Waals surface area (Å²) in [4.78, 5) is 44.4. The largest absolute Gasteiger partial charge is 0.461 e. The fraction of sp³-hybridized carbons (Fsp3) is 0.393. The van der Waals surface area contributed by atoms with Crippen molar-refractivity contribution in [2.45, 2.75) is 38.2 Å². The van der Waals surface area contributed by atoms with Gasteiger partial charge in [0.1, 0.15) is 10.4 Å². The van der Waals surface area contributed by atoms with Crippen molar-refractivity contribution in [2.24, 2.45) is 0 Å². The molecule has 1 aliphatic rings. The van der Waals surface area contributed by atoms with Crippen LogP contribution < -0.4 is 5.32 Å². The molecule has 1 aliphatic heterocycles. The molecule has 0 spiro atoms. The van der Waals surface area contributed by atoms with Gasteiger partial charge in [-0.05, 0) is 57.4 Å². The third kappa shape index (κ3) is 10.0. The second kappa shape index (κ2) is 14.5. The molecule has 44 heavy (non-hydrogen) atoms. The minimum atomic E-state index is -5.02. The van der Waals surface area contributed by atoms with Crippen LogP contribution in [0.15, 0.2) is 41.3 Å². The second-order valence-corrected chi connectivity index (χ2v) is 11.7. The average molecular weight is 663 g/mol. The van der Waals surface area contributed by atoms with Crippen LogP contribution in [0, 0.1) is 0 Å². The summed E-state index contributed by atoms with van der Waals surface area (Å²) in [5, 5.41) is 2.58. The number of hydrogen-bond donors (Lipinski definition) is 1. The number of alkyl halides is 6. The number of rotatable bonds is 11. The highest BCUT2D eigenvalue weighted by Crippen LogP contribution is 2.38. The van der Waals surface area contributed by atoms with Gasteiger partial charge in [-0.3, -0.25) is 19.3 Å². The van der Waals surface area contributed by atoms with Gasteiger partial charge in [-0.15, -0.1) is 0 Å². The zero-order valence-electron chi connectivity index (χ0n) is 23.7. The number of amides is 2. The van der Waals surface area contributed by atoms with Crippen molar-refractivity contribution in [3.05, 3.63) is 58.1 Å². The molecule has 3 rings (SSSR count). The maximum absolute atomic E-state index is 13.3. The molecule has 238 valence electrons. The first-order valence-corrected chi connectivity index (χ1v) is 14.3. The number of ether oxygens (including phenoxy) is 1. The molecule has 1 aromatic carbocycles. The van der Waals surface area contributed by atoms with Gasteiger partial charge < -0.3 is 15.0 Å². The number of hydrogen-bond acceptors (Lipinski definition) is 8. The number of pyridine rings is 1. The summed E-state index contributed by atoms with van der Waals surface area (Å²) >= 11 is 6.16. The highest BCUT2D eigenvalue weighted by molar-refractivity contribution is 8.26. The van der Waals surface area contributed by atoms with Crippen molar-refractivity contribution >= 4 is 52.2 Å². The van der Waals surface area contributed by atoms with Crippen LogP contribution in [0.4, 0.5) is 26.3 Å². The van der Waals surface area contributed by atoms with E-state index in [1.54, 1.807) is 6.92 Å². The first kappa shape index (κ1) is 35.0. The Morgan fingerprint density at radius 3 is 2.32 bits per heavy atom. The molecule has 0 aliphatic carbocycles. The Hall–Kier alpha value is -3.50. The average Bonchev–Trinajstić information content (AvgIpc) is 3.17. The highest BCUT2D eigenvalue weighted by atomic mass is 32.2. The minimum Gasteiger partial charge on any atom is -0.461 e. The van der Waals surface area contributed by atoms with E-state index in [1.807, 2.05) is 19.0 Å². The van der Waals surface area contributed by atoms with Gasteiger partial charge in [0, 0.05) is 31.6 Å². The number of likely N-dealkylation sites (N-methyl/N-ethyl adjacent to an activating group) is 1. The Morgan fingerprint density at radius 1 is 1.09 bits per heavy atom. The summed E-state index contributed by atoms with van der Waals surface area (Å²) in [6.07, 6.45) is -9.18. The number of nitrogens with one attached hydrogen (secondary N) is 1. The molecule has 1 N–H and O–H groups in total. The van der Waals surface area contributed by atoms with Crippen LogP contribution >= 0.6 is 24.0 Å². The van der Waals surface area contributed by atoms with E-state index in [2.05, 4.69) is 10.3 Å². The van der Waals surface area contributed by atoms with Gasteiger partial charge in [0.2, 0.25) is 5.91 Å². The number of thioether (sulfide) groups is 1. The molecule has 0 saturated carbocycles. The number of esters is 1. The van der Waals surface area contributed by atoms with E-state index in [-0.39, 0.29) is 58.7 Å². The molecular weight excluding hydrogens is 634 g/mol. The molecule has 8 nitrogen and oxygen atoms in total. The van der Waals surface area contributed by atoms with Gasteiger partial charge in [0.25, 0.3) is 5.91 Å². The molecule has 0 bridgehead atoms. The Balaban J connectivity index is 1.64. The summed E-state index contributed by atoms with van der Waals surface area (Å²) in [6.45, 7) is 2.29. The number of aromatic nitrogens is 1. The lowest BCUT2D eigenvalue weighted by atomic mass is 10.0. The molecule has 1 fully saturated rings. The standard InChI is InChI=1S/C28H28F6N4O4S2/c1-16(15-37(2)3)42-24(40)7-9-35-23(39)8-10-38-25(41)22(44-26(38)43)14-20-5-4-6-21(36-20)17-11-18(27(29,30)31)13-19(12-17)28(32,33)34/h4-6,11-14,16H,7-10,15H2,1-3H3,(H,35,39). The lowest BCUT2D eigenvalue weighted by molar-refractivity contribution is -0.148. The van der Waals surface area contributed by atoms with Crippen LogP contribution in [0.1, 0.15) is 36.6 Å². The summed E-state index contributed by atoms with van der Waals surface area (Å²) in [6, 6.07) is 5.22. The van der Waals surface area contributed by atoms with Crippen LogP contribution in [0.3, 0.4) is 0 Å². The number of benzene rings is 1. The smallest absolute Gasteiger partial charge is 0.416 e. The fourth-order valence-corrected chi connectivity index (χ4v) is 5.36. The second-order valence-electron chi connectivity index (χ2n) is 9.99. The van der Waals surface area contributed by atoms with Crippen molar-refractivity contribution in [3.8, 4) is 11.3 Å².